The van der Waals surface area contributed by atoms with Gasteiger partial charge in [-0.05, 0) is 61.7 Å². The first-order valence-corrected chi connectivity index (χ1v) is 9.50. The lowest BCUT2D eigenvalue weighted by atomic mass is 10.1. The average molecular weight is 396 g/mol. The Bertz CT molecular complexity index is 902. The van der Waals surface area contributed by atoms with Crippen molar-refractivity contribution in [2.75, 3.05) is 37.5 Å². The molecule has 7 heteroatoms. The molecule has 1 N–H and O–H groups in total. The van der Waals surface area contributed by atoms with Crippen LogP contribution >= 0.6 is 0 Å². The highest BCUT2D eigenvalue weighted by Crippen LogP contribution is 2.23. The lowest BCUT2D eigenvalue weighted by Gasteiger charge is -2.28. The van der Waals surface area contributed by atoms with Gasteiger partial charge in [-0.15, -0.1) is 0 Å². The van der Waals surface area contributed by atoms with Gasteiger partial charge in [0.15, 0.2) is 0 Å². The molecule has 0 radical (unpaired) electrons. The average Bonchev–Trinajstić information content (AvgIpc) is 2.78. The molecule has 0 aromatic heterocycles. The topological polar surface area (TPSA) is 84.9 Å². The largest absolute Gasteiger partial charge is 0.465 e. The van der Waals surface area contributed by atoms with E-state index in [9.17, 15) is 14.4 Å². The zero-order chi connectivity index (χ0) is 20.8. The number of benzene rings is 2. The number of hydrogen-bond donors (Lipinski definition) is 1. The summed E-state index contributed by atoms with van der Waals surface area (Å²) in [5, 5.41) is 2.70. The van der Waals surface area contributed by atoms with Crippen LogP contribution in [0.3, 0.4) is 0 Å². The van der Waals surface area contributed by atoms with Crippen LogP contribution in [-0.4, -0.2) is 45.2 Å². The Balaban J connectivity index is 1.81. The Morgan fingerprint density at radius 1 is 0.828 bits per heavy atom. The Hall–Kier alpha value is -3.35. The second kappa shape index (κ2) is 9.23. The molecule has 1 fully saturated rings. The number of esters is 2. The molecule has 1 amide bonds. The molecule has 0 atom stereocenters. The number of ether oxygens (including phenoxy) is 2. The van der Waals surface area contributed by atoms with Gasteiger partial charge in [0.1, 0.15) is 0 Å². The minimum atomic E-state index is -0.614. The van der Waals surface area contributed by atoms with Gasteiger partial charge in [0.2, 0.25) is 0 Å². The molecule has 152 valence electrons. The van der Waals surface area contributed by atoms with E-state index in [0.29, 0.717) is 5.56 Å². The van der Waals surface area contributed by atoms with Crippen LogP contribution in [0.2, 0.25) is 0 Å². The number of hydrogen-bond acceptors (Lipinski definition) is 6. The van der Waals surface area contributed by atoms with Gasteiger partial charge in [-0.25, -0.2) is 9.59 Å². The molecule has 1 aliphatic rings. The summed E-state index contributed by atoms with van der Waals surface area (Å²) in [7, 11) is 2.51. The number of carbonyl (C=O) groups excluding carboxylic acids is 3. The van der Waals surface area contributed by atoms with Crippen LogP contribution in [0.25, 0.3) is 0 Å². The monoisotopic (exact) mass is 396 g/mol. The van der Waals surface area contributed by atoms with E-state index in [0.717, 1.165) is 18.8 Å². The van der Waals surface area contributed by atoms with Gasteiger partial charge in [-0.3, -0.25) is 4.79 Å². The van der Waals surface area contributed by atoms with Crippen LogP contribution in [0.1, 0.15) is 50.3 Å². The second-order valence-electron chi connectivity index (χ2n) is 6.79. The van der Waals surface area contributed by atoms with E-state index in [4.69, 9.17) is 9.47 Å². The van der Waals surface area contributed by atoms with E-state index in [1.54, 1.807) is 12.1 Å². The zero-order valence-corrected chi connectivity index (χ0v) is 16.6. The first-order chi connectivity index (χ1) is 14.0. The van der Waals surface area contributed by atoms with Crippen molar-refractivity contribution in [2.45, 2.75) is 19.3 Å². The van der Waals surface area contributed by atoms with E-state index in [-0.39, 0.29) is 22.7 Å². The van der Waals surface area contributed by atoms with E-state index in [1.807, 2.05) is 12.1 Å². The van der Waals surface area contributed by atoms with Crippen molar-refractivity contribution in [3.05, 3.63) is 59.2 Å². The summed E-state index contributed by atoms with van der Waals surface area (Å²) in [6.45, 7) is 2.04. The van der Waals surface area contributed by atoms with Crippen molar-refractivity contribution in [2.24, 2.45) is 0 Å². The van der Waals surface area contributed by atoms with Crippen molar-refractivity contribution in [1.82, 2.24) is 0 Å². The number of anilines is 2. The van der Waals surface area contributed by atoms with E-state index >= 15 is 0 Å². The Morgan fingerprint density at radius 2 is 1.45 bits per heavy atom. The Labute approximate surface area is 169 Å². The van der Waals surface area contributed by atoms with Gasteiger partial charge in [-0.1, -0.05) is 0 Å². The van der Waals surface area contributed by atoms with Crippen molar-refractivity contribution < 1.29 is 23.9 Å². The maximum Gasteiger partial charge on any atom is 0.339 e. The molecular formula is C22H24N2O5. The normalized spacial score (nSPS) is 13.5. The lowest BCUT2D eigenvalue weighted by Crippen LogP contribution is -2.29. The number of carbonyl (C=O) groups is 3. The molecule has 2 aromatic rings. The SMILES string of the molecule is COC(=O)c1ccc(C(=O)OC)c(NC(=O)c2ccc(N3CCCCC3)cc2)c1. The molecule has 29 heavy (non-hydrogen) atoms. The van der Waals surface area contributed by atoms with Gasteiger partial charge < -0.3 is 19.7 Å². The maximum absolute atomic E-state index is 12.7. The third-order valence-electron chi connectivity index (χ3n) is 4.94. The zero-order valence-electron chi connectivity index (χ0n) is 16.6. The van der Waals surface area contributed by atoms with Gasteiger partial charge in [0.05, 0.1) is 31.0 Å². The number of piperidine rings is 1. The van der Waals surface area contributed by atoms with Gasteiger partial charge in [0.25, 0.3) is 5.91 Å². The third kappa shape index (κ3) is 4.74. The smallest absolute Gasteiger partial charge is 0.339 e. The molecule has 3 rings (SSSR count). The first-order valence-electron chi connectivity index (χ1n) is 9.50. The predicted molar refractivity (Wildman–Crippen MR) is 110 cm³/mol. The fraction of sp³-hybridized carbons (Fsp3) is 0.318. The Morgan fingerprint density at radius 3 is 2.07 bits per heavy atom. The van der Waals surface area contributed by atoms with Crippen LogP contribution < -0.4 is 10.2 Å². The fourth-order valence-corrected chi connectivity index (χ4v) is 3.35. The van der Waals surface area contributed by atoms with E-state index < -0.39 is 11.9 Å². The first kappa shape index (κ1) is 20.4. The van der Waals surface area contributed by atoms with Crippen LogP contribution in [0.5, 0.6) is 0 Å². The summed E-state index contributed by atoms with van der Waals surface area (Å²) in [5.74, 6) is -1.57. The molecule has 7 nitrogen and oxygen atoms in total. The highest BCUT2D eigenvalue weighted by atomic mass is 16.5. The summed E-state index contributed by atoms with van der Waals surface area (Å²) in [5.41, 5.74) is 2.09. The summed E-state index contributed by atoms with van der Waals surface area (Å²) >= 11 is 0. The number of rotatable bonds is 5. The minimum Gasteiger partial charge on any atom is -0.465 e. The second-order valence-corrected chi connectivity index (χ2v) is 6.79. The standard InChI is InChI=1S/C22H24N2O5/c1-28-21(26)16-8-11-18(22(27)29-2)19(14-16)23-20(25)15-6-9-17(10-7-15)24-12-4-3-5-13-24/h6-11,14H,3-5,12-13H2,1-2H3,(H,23,25). The highest BCUT2D eigenvalue weighted by molar-refractivity contribution is 6.09. The number of amides is 1. The molecule has 0 saturated carbocycles. The van der Waals surface area contributed by atoms with Crippen molar-refractivity contribution in [1.29, 1.82) is 0 Å². The van der Waals surface area contributed by atoms with Crippen molar-refractivity contribution >= 4 is 29.2 Å². The quantitative estimate of drug-likeness (QED) is 0.779. The summed E-state index contributed by atoms with van der Waals surface area (Å²) < 4.78 is 9.47. The van der Waals surface area contributed by atoms with Crippen molar-refractivity contribution in [3.8, 4) is 0 Å². The molecule has 1 aliphatic heterocycles. The van der Waals surface area contributed by atoms with Crippen LogP contribution in [0.4, 0.5) is 11.4 Å². The molecule has 0 spiro atoms. The molecule has 1 heterocycles. The van der Waals surface area contributed by atoms with Crippen LogP contribution in [0, 0.1) is 0 Å². The minimum absolute atomic E-state index is 0.151. The van der Waals surface area contributed by atoms with E-state index in [2.05, 4.69) is 10.2 Å². The summed E-state index contributed by atoms with van der Waals surface area (Å²) in [6, 6.07) is 11.6. The van der Waals surface area contributed by atoms with Crippen LogP contribution in [-0.2, 0) is 9.47 Å². The third-order valence-corrected chi connectivity index (χ3v) is 4.94. The molecule has 2 aromatic carbocycles. The maximum atomic E-state index is 12.7. The number of methoxy groups -OCH3 is 2. The lowest BCUT2D eigenvalue weighted by molar-refractivity contribution is 0.0587. The van der Waals surface area contributed by atoms with E-state index in [1.165, 1.54) is 51.7 Å². The van der Waals surface area contributed by atoms with Crippen molar-refractivity contribution in [3.63, 3.8) is 0 Å². The summed E-state index contributed by atoms with van der Waals surface area (Å²) in [4.78, 5) is 38.9. The molecule has 1 saturated heterocycles. The molecule has 0 aliphatic carbocycles. The number of nitrogens with one attached hydrogen (secondary N) is 1. The number of nitrogens with zero attached hydrogens (tertiary/aromatic N) is 1. The van der Waals surface area contributed by atoms with Gasteiger partial charge in [-0.2, -0.15) is 0 Å². The van der Waals surface area contributed by atoms with Gasteiger partial charge in [0, 0.05) is 24.3 Å². The van der Waals surface area contributed by atoms with Crippen LogP contribution in [0.15, 0.2) is 42.5 Å². The predicted octanol–water partition coefficient (Wildman–Crippen LogP) is 3.50. The highest BCUT2D eigenvalue weighted by Gasteiger charge is 2.18. The Kier molecular flexibility index (Phi) is 6.49. The van der Waals surface area contributed by atoms with Gasteiger partial charge >= 0.3 is 11.9 Å². The summed E-state index contributed by atoms with van der Waals surface area (Å²) in [6.07, 6.45) is 3.61. The molecular weight excluding hydrogens is 372 g/mol. The fourth-order valence-electron chi connectivity index (χ4n) is 3.35. The molecule has 0 bridgehead atoms. The molecule has 0 unspecified atom stereocenters.